The zero-order valence-corrected chi connectivity index (χ0v) is 26.0. The maximum absolute atomic E-state index is 12.5. The lowest BCUT2D eigenvalue weighted by Gasteiger charge is -2.28. The molecule has 17 heteroatoms. The van der Waals surface area contributed by atoms with E-state index in [2.05, 4.69) is 20.8 Å². The van der Waals surface area contributed by atoms with Crippen LogP contribution in [-0.2, 0) is 29.6 Å². The molecular formula is C29H26N6O9S2. The summed E-state index contributed by atoms with van der Waals surface area (Å²) < 4.78 is 56.3. The van der Waals surface area contributed by atoms with Crippen LogP contribution in [-0.4, -0.2) is 71.7 Å². The van der Waals surface area contributed by atoms with E-state index in [1.807, 2.05) is 0 Å². The largest absolute Gasteiger partial charge is 0.505 e. The number of likely N-dealkylation sites (N-methyl/N-ethyl adjacent to an activating group) is 2. The van der Waals surface area contributed by atoms with Crippen LogP contribution in [0.2, 0.25) is 0 Å². The molecule has 0 unspecified atom stereocenters. The van der Waals surface area contributed by atoms with E-state index in [1.54, 1.807) is 49.4 Å². The average molecular weight is 667 g/mol. The van der Waals surface area contributed by atoms with Crippen LogP contribution in [0.3, 0.4) is 0 Å². The van der Waals surface area contributed by atoms with Crippen LogP contribution in [0.1, 0.15) is 16.9 Å². The van der Waals surface area contributed by atoms with E-state index in [-0.39, 0.29) is 43.9 Å². The number of aliphatic hydroxyl groups excluding tert-OH is 2. The van der Waals surface area contributed by atoms with Gasteiger partial charge in [0.05, 0.1) is 9.79 Å². The fourth-order valence-electron chi connectivity index (χ4n) is 4.58. The summed E-state index contributed by atoms with van der Waals surface area (Å²) in [5.74, 6) is -1.53. The van der Waals surface area contributed by atoms with Crippen molar-refractivity contribution in [3.8, 4) is 0 Å². The van der Waals surface area contributed by atoms with Gasteiger partial charge in [-0.05, 0) is 43.3 Å². The zero-order valence-electron chi connectivity index (χ0n) is 24.4. The monoisotopic (exact) mass is 666 g/mol. The molecule has 0 fully saturated rings. The number of carbonyl (C=O) groups is 2. The first-order chi connectivity index (χ1) is 21.7. The van der Waals surface area contributed by atoms with Gasteiger partial charge in [-0.2, -0.15) is 0 Å². The Morgan fingerprint density at radius 1 is 0.717 bits per heavy atom. The number of hydrogen-bond acceptors (Lipinski definition) is 11. The highest BCUT2D eigenvalue weighted by Crippen LogP contribution is 2.36. The Kier molecular flexibility index (Phi) is 8.29. The van der Waals surface area contributed by atoms with Gasteiger partial charge in [-0.3, -0.25) is 18.2 Å². The summed E-state index contributed by atoms with van der Waals surface area (Å²) in [7, 11) is -5.41. The molecule has 4 aromatic rings. The molecule has 4 N–H and O–H groups in total. The van der Waals surface area contributed by atoms with Crippen molar-refractivity contribution in [1.29, 1.82) is 0 Å². The summed E-state index contributed by atoms with van der Waals surface area (Å²) in [5, 5.41) is 29.2. The van der Waals surface area contributed by atoms with Crippen molar-refractivity contribution >= 4 is 55.0 Å². The molecule has 2 aromatic heterocycles. The summed E-state index contributed by atoms with van der Waals surface area (Å²) >= 11 is 0. The molecule has 0 bridgehead atoms. The second-order valence-electron chi connectivity index (χ2n) is 9.78. The number of rotatable bonds is 4. The first-order valence-electron chi connectivity index (χ1n) is 13.3. The number of anilines is 2. The normalized spacial score (nSPS) is 16.1. The molecule has 0 atom stereocenters. The van der Waals surface area contributed by atoms with Gasteiger partial charge in [0.25, 0.3) is 31.9 Å². The Labute approximate surface area is 263 Å². The highest BCUT2D eigenvalue weighted by Gasteiger charge is 2.39. The maximum atomic E-state index is 12.5. The predicted molar refractivity (Wildman–Crippen MR) is 165 cm³/mol. The van der Waals surface area contributed by atoms with Crippen molar-refractivity contribution in [3.63, 3.8) is 0 Å². The summed E-state index contributed by atoms with van der Waals surface area (Å²) in [6.45, 7) is 1.65. The van der Waals surface area contributed by atoms with E-state index in [0.29, 0.717) is 5.76 Å². The van der Waals surface area contributed by atoms with Crippen molar-refractivity contribution in [3.05, 3.63) is 107 Å². The van der Waals surface area contributed by atoms with Crippen molar-refractivity contribution in [2.45, 2.75) is 16.7 Å². The molecule has 0 aliphatic carbocycles. The number of fused-ring (bicyclic) bond motifs is 2. The lowest BCUT2D eigenvalue weighted by Crippen LogP contribution is -2.37. The summed E-state index contributed by atoms with van der Waals surface area (Å²) in [6.07, 6.45) is 1.49. The molecule has 2 amide bonds. The highest BCUT2D eigenvalue weighted by atomic mass is 32.2. The van der Waals surface area contributed by atoms with Crippen LogP contribution in [0.15, 0.2) is 105 Å². The summed E-state index contributed by atoms with van der Waals surface area (Å²) in [6, 6.07) is 18.3. The number of benzene rings is 2. The van der Waals surface area contributed by atoms with Gasteiger partial charge in [-0.1, -0.05) is 35.5 Å². The Balaban J connectivity index is 0.000000181. The smallest absolute Gasteiger partial charge is 0.278 e. The lowest BCUT2D eigenvalue weighted by atomic mass is 10.1. The molecule has 238 valence electrons. The number of hydrogen-bond donors (Lipinski definition) is 4. The molecule has 6 rings (SSSR count). The topological polar surface area (TPSA) is 212 Å². The van der Waals surface area contributed by atoms with Crippen LogP contribution in [0.5, 0.6) is 0 Å². The third-order valence-corrected chi connectivity index (χ3v) is 10.5. The third-order valence-electron chi connectivity index (χ3n) is 6.85. The summed E-state index contributed by atoms with van der Waals surface area (Å²) in [4.78, 5) is 28.6. The van der Waals surface area contributed by atoms with E-state index in [1.165, 1.54) is 50.6 Å². The van der Waals surface area contributed by atoms with E-state index < -0.39 is 43.4 Å². The Hall–Kier alpha value is -5.68. The molecule has 2 aliphatic rings. The number of nitrogens with one attached hydrogen (secondary N) is 2. The van der Waals surface area contributed by atoms with Gasteiger partial charge in [-0.15, -0.1) is 0 Å². The van der Waals surface area contributed by atoms with E-state index >= 15 is 0 Å². The second kappa shape index (κ2) is 12.0. The number of aromatic nitrogens is 2. The van der Waals surface area contributed by atoms with Crippen LogP contribution < -0.4 is 10.6 Å². The number of carbonyl (C=O) groups excluding carboxylic acids is 2. The van der Waals surface area contributed by atoms with Gasteiger partial charge in [0, 0.05) is 37.5 Å². The molecule has 0 saturated carbocycles. The van der Waals surface area contributed by atoms with Crippen LogP contribution in [0, 0.1) is 6.92 Å². The molecule has 4 heterocycles. The first-order valence-corrected chi connectivity index (χ1v) is 16.1. The van der Waals surface area contributed by atoms with Gasteiger partial charge in [0.1, 0.15) is 11.6 Å². The molecule has 0 radical (unpaired) electrons. The fraction of sp³-hybridized carbons (Fsp3) is 0.103. The molecular weight excluding hydrogens is 640 g/mol. The molecule has 0 saturated heterocycles. The first kappa shape index (κ1) is 31.7. The van der Waals surface area contributed by atoms with Gasteiger partial charge in [0.15, 0.2) is 28.7 Å². The average Bonchev–Trinajstić information content (AvgIpc) is 3.44. The number of aliphatic hydroxyl groups is 2. The minimum Gasteiger partial charge on any atom is -0.505 e. The molecule has 15 nitrogen and oxygen atoms in total. The minimum absolute atomic E-state index is 0.0469. The molecule has 2 aliphatic heterocycles. The van der Waals surface area contributed by atoms with Crippen molar-refractivity contribution in [1.82, 2.24) is 18.8 Å². The van der Waals surface area contributed by atoms with Crippen molar-refractivity contribution in [2.24, 2.45) is 0 Å². The number of amides is 2. The Morgan fingerprint density at radius 2 is 1.17 bits per heavy atom. The van der Waals surface area contributed by atoms with Crippen LogP contribution in [0.4, 0.5) is 11.6 Å². The summed E-state index contributed by atoms with van der Waals surface area (Å²) in [5.41, 5.74) is -0.567. The zero-order chi connectivity index (χ0) is 33.4. The van der Waals surface area contributed by atoms with E-state index in [4.69, 9.17) is 4.52 Å². The SMILES string of the molecule is CN1C(C(=O)Nc2ccccn2)=C(O)c2ccccc2S1(=O)=O.Cc1cc(NC(=O)C2=C(O)c3ccccc3S(=O)(=O)N2C)no1. The van der Waals surface area contributed by atoms with Gasteiger partial charge in [-0.25, -0.2) is 21.8 Å². The number of nitrogens with zero attached hydrogens (tertiary/aromatic N) is 4. The van der Waals surface area contributed by atoms with Crippen LogP contribution in [0.25, 0.3) is 11.5 Å². The number of pyridine rings is 1. The van der Waals surface area contributed by atoms with Crippen molar-refractivity contribution in [2.75, 3.05) is 24.7 Å². The molecule has 0 spiro atoms. The molecule has 2 aromatic carbocycles. The van der Waals surface area contributed by atoms with Gasteiger partial charge in [0.2, 0.25) is 0 Å². The van der Waals surface area contributed by atoms with Crippen molar-refractivity contribution < 1.29 is 41.2 Å². The van der Waals surface area contributed by atoms with Gasteiger partial charge < -0.3 is 25.4 Å². The predicted octanol–water partition coefficient (Wildman–Crippen LogP) is 3.06. The Morgan fingerprint density at radius 3 is 1.61 bits per heavy atom. The fourth-order valence-corrected chi connectivity index (χ4v) is 7.37. The second-order valence-corrected chi connectivity index (χ2v) is 13.7. The van der Waals surface area contributed by atoms with Crippen LogP contribution >= 0.6 is 0 Å². The Bertz CT molecular complexity index is 2140. The lowest BCUT2D eigenvalue weighted by molar-refractivity contribution is -0.114. The quantitative estimate of drug-likeness (QED) is 0.248. The maximum Gasteiger partial charge on any atom is 0.278 e. The van der Waals surface area contributed by atoms with Gasteiger partial charge >= 0.3 is 0 Å². The third kappa shape index (κ3) is 5.64. The highest BCUT2D eigenvalue weighted by molar-refractivity contribution is 7.89. The number of aryl methyl sites for hydroxylation is 1. The molecule has 46 heavy (non-hydrogen) atoms. The number of sulfonamides is 2. The standard InChI is InChI=1S/C15H13N3O4S.C14H13N3O5S/c1-18-13(15(20)17-12-8-4-5-9-16-12)14(19)10-6-2-3-7-11(10)23(18,21)22;1-8-7-11(16-22-8)15-14(19)12-13(18)9-5-3-4-6-10(9)23(20,21)17(12)2/h2-9,19H,1H3,(H,16,17,20);3-7,18H,1-2H3,(H,15,16,19). The van der Waals surface area contributed by atoms with E-state index in [0.717, 1.165) is 8.61 Å². The minimum atomic E-state index is -3.92. The van der Waals surface area contributed by atoms with E-state index in [9.17, 15) is 36.6 Å².